The van der Waals surface area contributed by atoms with Crippen molar-refractivity contribution in [1.29, 1.82) is 0 Å². The Morgan fingerprint density at radius 2 is 1.92 bits per heavy atom. The molecule has 8 heteroatoms. The van der Waals surface area contributed by atoms with Crippen LogP contribution in [0.15, 0.2) is 72.5 Å². The highest BCUT2D eigenvalue weighted by atomic mass is 32.1. The number of H-pyrrole nitrogens is 2. The van der Waals surface area contributed by atoms with Crippen molar-refractivity contribution in [3.8, 4) is 33.1 Å². The summed E-state index contributed by atoms with van der Waals surface area (Å²) in [7, 11) is 0. The number of fused-ring (bicyclic) bond motifs is 2. The molecule has 0 aliphatic carbocycles. The average Bonchev–Trinajstić information content (AvgIpc) is 3.66. The number of carbonyl (C=O) groups excluding carboxylic acids is 1. The summed E-state index contributed by atoms with van der Waals surface area (Å²) in [5, 5.41) is 14.9. The fourth-order valence-electron chi connectivity index (χ4n) is 4.42. The number of benzene rings is 1. The maximum absolute atomic E-state index is 12.2. The van der Waals surface area contributed by atoms with E-state index < -0.39 is 0 Å². The molecule has 36 heavy (non-hydrogen) atoms. The van der Waals surface area contributed by atoms with Gasteiger partial charge >= 0.3 is 0 Å². The van der Waals surface area contributed by atoms with Crippen LogP contribution in [0, 0.1) is 0 Å². The molecule has 0 fully saturated rings. The van der Waals surface area contributed by atoms with Crippen molar-refractivity contribution >= 4 is 44.7 Å². The molecule has 6 rings (SSSR count). The summed E-state index contributed by atoms with van der Waals surface area (Å²) in [6.07, 6.45) is 7.70. The summed E-state index contributed by atoms with van der Waals surface area (Å²) in [6.45, 7) is 2.07. The van der Waals surface area contributed by atoms with Gasteiger partial charge in [0.05, 0.1) is 33.7 Å². The van der Waals surface area contributed by atoms with Crippen LogP contribution in [0.1, 0.15) is 26.2 Å². The summed E-state index contributed by atoms with van der Waals surface area (Å²) >= 11 is 1.68. The lowest BCUT2D eigenvalue weighted by Gasteiger charge is -2.07. The molecule has 0 aliphatic heterocycles. The minimum absolute atomic E-state index is 0.0126. The van der Waals surface area contributed by atoms with Gasteiger partial charge in [-0.1, -0.05) is 25.5 Å². The SMILES string of the molecule is CCCCC(=O)Nc1cncc(-c2ccc3[nH]nc(-c4cc5c(-c6cccs6)nccc5[nH]4)c3c2)c1. The maximum Gasteiger partial charge on any atom is 0.224 e. The van der Waals surface area contributed by atoms with Crippen LogP contribution in [0.4, 0.5) is 5.69 Å². The van der Waals surface area contributed by atoms with E-state index in [1.807, 2.05) is 42.7 Å². The Balaban J connectivity index is 1.37. The minimum atomic E-state index is 0.0126. The van der Waals surface area contributed by atoms with Crippen molar-refractivity contribution in [1.82, 2.24) is 25.1 Å². The zero-order valence-electron chi connectivity index (χ0n) is 19.7. The van der Waals surface area contributed by atoms with Gasteiger partial charge in [0.15, 0.2) is 0 Å². The molecule has 0 aliphatic rings. The fraction of sp³-hybridized carbons (Fsp3) is 0.143. The summed E-state index contributed by atoms with van der Waals surface area (Å²) < 4.78 is 0. The largest absolute Gasteiger partial charge is 0.353 e. The first-order valence-electron chi connectivity index (χ1n) is 11.9. The Hall–Kier alpha value is -4.30. The van der Waals surface area contributed by atoms with E-state index >= 15 is 0 Å². The molecule has 0 spiro atoms. The van der Waals surface area contributed by atoms with Crippen LogP contribution in [-0.4, -0.2) is 31.1 Å². The van der Waals surface area contributed by atoms with Gasteiger partial charge < -0.3 is 10.3 Å². The number of rotatable bonds is 7. The van der Waals surface area contributed by atoms with E-state index in [9.17, 15) is 4.79 Å². The van der Waals surface area contributed by atoms with E-state index in [1.54, 1.807) is 17.5 Å². The summed E-state index contributed by atoms with van der Waals surface area (Å²) in [5.41, 5.74) is 7.33. The number of aromatic amines is 2. The molecule has 7 nitrogen and oxygen atoms in total. The molecule has 1 aromatic carbocycles. The standard InChI is InChI=1S/C28H24N6OS/c1-2-3-6-26(35)31-19-12-18(15-29-16-19)17-7-8-23-20(13-17)27(34-33-23)24-14-21-22(32-24)9-10-30-28(21)25-5-4-11-36-25/h4-5,7-16,32H,2-3,6H2,1H3,(H,31,35)(H,33,34). The summed E-state index contributed by atoms with van der Waals surface area (Å²) in [4.78, 5) is 25.8. The van der Waals surface area contributed by atoms with Gasteiger partial charge in [0, 0.05) is 40.7 Å². The number of hydrogen-bond donors (Lipinski definition) is 3. The molecule has 0 atom stereocenters. The van der Waals surface area contributed by atoms with Gasteiger partial charge in [-0.05, 0) is 53.8 Å². The number of thiophene rings is 1. The Morgan fingerprint density at radius 1 is 1.00 bits per heavy atom. The Kier molecular flexibility index (Phi) is 5.79. The van der Waals surface area contributed by atoms with Crippen LogP contribution in [0.3, 0.4) is 0 Å². The molecule has 1 amide bonds. The monoisotopic (exact) mass is 492 g/mol. The van der Waals surface area contributed by atoms with Crippen molar-refractivity contribution in [3.63, 3.8) is 0 Å². The van der Waals surface area contributed by atoms with Crippen LogP contribution in [0.5, 0.6) is 0 Å². The molecule has 0 saturated carbocycles. The van der Waals surface area contributed by atoms with Crippen molar-refractivity contribution < 1.29 is 4.79 Å². The molecule has 178 valence electrons. The number of anilines is 1. The van der Waals surface area contributed by atoms with Crippen LogP contribution in [0.2, 0.25) is 0 Å². The Labute approximate surface area is 211 Å². The van der Waals surface area contributed by atoms with Crippen molar-refractivity contribution in [3.05, 3.63) is 72.5 Å². The second-order valence-electron chi connectivity index (χ2n) is 8.73. The van der Waals surface area contributed by atoms with E-state index in [-0.39, 0.29) is 5.91 Å². The maximum atomic E-state index is 12.2. The summed E-state index contributed by atoms with van der Waals surface area (Å²) in [6, 6.07) is 16.4. The molecular formula is C28H24N6OS. The number of nitrogens with zero attached hydrogens (tertiary/aromatic N) is 3. The highest BCUT2D eigenvalue weighted by Crippen LogP contribution is 2.35. The second kappa shape index (κ2) is 9.39. The molecule has 5 aromatic heterocycles. The van der Waals surface area contributed by atoms with Gasteiger partial charge in [0.1, 0.15) is 5.69 Å². The van der Waals surface area contributed by atoms with Gasteiger partial charge in [-0.2, -0.15) is 5.10 Å². The molecule has 0 unspecified atom stereocenters. The zero-order chi connectivity index (χ0) is 24.5. The number of nitrogens with one attached hydrogen (secondary N) is 3. The van der Waals surface area contributed by atoms with Crippen molar-refractivity contribution in [2.24, 2.45) is 0 Å². The first kappa shape index (κ1) is 22.2. The fourth-order valence-corrected chi connectivity index (χ4v) is 5.15. The van der Waals surface area contributed by atoms with E-state index in [1.165, 1.54) is 0 Å². The average molecular weight is 493 g/mol. The lowest BCUT2D eigenvalue weighted by atomic mass is 10.0. The zero-order valence-corrected chi connectivity index (χ0v) is 20.5. The third-order valence-electron chi connectivity index (χ3n) is 6.23. The van der Waals surface area contributed by atoms with E-state index in [2.05, 4.69) is 61.0 Å². The molecule has 6 aromatic rings. The number of amides is 1. The van der Waals surface area contributed by atoms with Gasteiger partial charge in [-0.25, -0.2) is 0 Å². The number of unbranched alkanes of at least 4 members (excludes halogenated alkanes) is 1. The quantitative estimate of drug-likeness (QED) is 0.223. The van der Waals surface area contributed by atoms with Crippen LogP contribution >= 0.6 is 11.3 Å². The van der Waals surface area contributed by atoms with E-state index in [4.69, 9.17) is 0 Å². The Morgan fingerprint density at radius 3 is 2.78 bits per heavy atom. The normalized spacial score (nSPS) is 11.4. The first-order valence-corrected chi connectivity index (χ1v) is 12.8. The number of aromatic nitrogens is 5. The van der Waals surface area contributed by atoms with Crippen LogP contribution in [0.25, 0.3) is 54.9 Å². The third-order valence-corrected chi connectivity index (χ3v) is 7.11. The molecule has 0 bridgehead atoms. The smallest absolute Gasteiger partial charge is 0.224 e. The highest BCUT2D eigenvalue weighted by Gasteiger charge is 2.15. The predicted molar refractivity (Wildman–Crippen MR) is 146 cm³/mol. The lowest BCUT2D eigenvalue weighted by Crippen LogP contribution is -2.11. The molecule has 0 saturated heterocycles. The van der Waals surface area contributed by atoms with Crippen LogP contribution < -0.4 is 5.32 Å². The summed E-state index contributed by atoms with van der Waals surface area (Å²) in [5.74, 6) is 0.0126. The lowest BCUT2D eigenvalue weighted by molar-refractivity contribution is -0.116. The van der Waals surface area contributed by atoms with Gasteiger partial charge in [0.25, 0.3) is 0 Å². The third kappa shape index (κ3) is 4.16. The van der Waals surface area contributed by atoms with Crippen LogP contribution in [-0.2, 0) is 4.79 Å². The molecule has 3 N–H and O–H groups in total. The second-order valence-corrected chi connectivity index (χ2v) is 9.68. The molecule has 0 radical (unpaired) electrons. The first-order chi connectivity index (χ1) is 17.7. The minimum Gasteiger partial charge on any atom is -0.353 e. The number of hydrogen-bond acceptors (Lipinski definition) is 5. The topological polar surface area (TPSA) is 99.3 Å². The number of pyridine rings is 2. The number of carbonyl (C=O) groups is 1. The molecular weight excluding hydrogens is 468 g/mol. The van der Waals surface area contributed by atoms with Gasteiger partial charge in [0.2, 0.25) is 5.91 Å². The highest BCUT2D eigenvalue weighted by molar-refractivity contribution is 7.13. The predicted octanol–water partition coefficient (Wildman–Crippen LogP) is 7.03. The van der Waals surface area contributed by atoms with Gasteiger partial charge in [-0.15, -0.1) is 11.3 Å². The van der Waals surface area contributed by atoms with Crippen molar-refractivity contribution in [2.45, 2.75) is 26.2 Å². The Bertz CT molecular complexity index is 1680. The van der Waals surface area contributed by atoms with E-state index in [0.29, 0.717) is 12.1 Å². The van der Waals surface area contributed by atoms with Gasteiger partial charge in [-0.3, -0.25) is 19.9 Å². The van der Waals surface area contributed by atoms with Crippen molar-refractivity contribution in [2.75, 3.05) is 5.32 Å². The van der Waals surface area contributed by atoms with E-state index in [0.717, 1.165) is 67.7 Å². The molecule has 5 heterocycles.